The van der Waals surface area contributed by atoms with E-state index in [1.54, 1.807) is 0 Å². The van der Waals surface area contributed by atoms with Gasteiger partial charge in [-0.3, -0.25) is 4.79 Å². The summed E-state index contributed by atoms with van der Waals surface area (Å²) >= 11 is 5.09. The minimum absolute atomic E-state index is 0.232. The molecule has 0 saturated heterocycles. The number of carbonyl (C=O) groups excluding carboxylic acids is 2. The summed E-state index contributed by atoms with van der Waals surface area (Å²) in [6.07, 6.45) is -5.37. The van der Waals surface area contributed by atoms with Gasteiger partial charge in [0.05, 0.1) is 6.61 Å². The van der Waals surface area contributed by atoms with Crippen LogP contribution in [0.2, 0.25) is 0 Å². The Bertz CT molecular complexity index is 282. The topological polar surface area (TPSA) is 55.4 Å². The Hall–Kier alpha value is -0.980. The maximum Gasteiger partial charge on any atom is 0.437 e. The van der Waals surface area contributed by atoms with Gasteiger partial charge in [0.2, 0.25) is 5.91 Å². The lowest BCUT2D eigenvalue weighted by atomic mass is 10.2. The van der Waals surface area contributed by atoms with Crippen LogP contribution in [-0.2, 0) is 14.3 Å². The fourth-order valence-electron chi connectivity index (χ4n) is 0.749. The lowest BCUT2D eigenvalue weighted by molar-refractivity contribution is -0.195. The molecule has 0 aromatic carbocycles. The number of halogens is 4. The molecule has 0 aromatic rings. The maximum absolute atomic E-state index is 12.5. The monoisotopic (exact) mass is 261 g/mol. The first-order valence-electron chi connectivity index (χ1n) is 4.42. The Labute approximate surface area is 95.1 Å². The lowest BCUT2D eigenvalue weighted by Crippen LogP contribution is -2.60. The van der Waals surface area contributed by atoms with Crippen molar-refractivity contribution < 1.29 is 27.5 Å². The number of nitrogens with one attached hydrogen (secondary N) is 1. The van der Waals surface area contributed by atoms with Gasteiger partial charge in [0.1, 0.15) is 0 Å². The van der Waals surface area contributed by atoms with E-state index in [0.29, 0.717) is 0 Å². The molecule has 0 heterocycles. The second-order valence-corrected chi connectivity index (χ2v) is 3.35. The van der Waals surface area contributed by atoms with Crippen LogP contribution in [0, 0.1) is 0 Å². The van der Waals surface area contributed by atoms with Gasteiger partial charge in [0.25, 0.3) is 0 Å². The third-order valence-electron chi connectivity index (χ3n) is 1.58. The number of esters is 1. The Morgan fingerprint density at radius 3 is 2.12 bits per heavy atom. The van der Waals surface area contributed by atoms with Crippen molar-refractivity contribution in [3.05, 3.63) is 0 Å². The predicted octanol–water partition coefficient (Wildman–Crippen LogP) is 1.57. The average molecular weight is 262 g/mol. The summed E-state index contributed by atoms with van der Waals surface area (Å²) in [6, 6.07) is 0. The summed E-state index contributed by atoms with van der Waals surface area (Å²) in [4.78, 5) is 18.4. The van der Waals surface area contributed by atoms with Gasteiger partial charge in [0, 0.05) is 6.42 Å². The van der Waals surface area contributed by atoms with Crippen LogP contribution < -0.4 is 5.32 Å². The number of rotatable bonds is 4. The summed E-state index contributed by atoms with van der Waals surface area (Å²) < 4.78 is 41.8. The van der Waals surface area contributed by atoms with Crippen molar-refractivity contribution in [1.29, 1.82) is 0 Å². The highest BCUT2D eigenvalue weighted by atomic mass is 35.5. The zero-order valence-corrected chi connectivity index (χ0v) is 9.41. The summed E-state index contributed by atoms with van der Waals surface area (Å²) in [5, 5.41) is 1.39. The van der Waals surface area contributed by atoms with Crippen LogP contribution in [0.5, 0.6) is 0 Å². The van der Waals surface area contributed by atoms with Crippen molar-refractivity contribution in [3.8, 4) is 0 Å². The molecule has 0 saturated carbocycles. The molecule has 4 nitrogen and oxygen atoms in total. The second kappa shape index (κ2) is 5.38. The standard InChI is InChI=1S/C8H11ClF3NO3/c1-3-5(14)13-7(9,8(10,11)12)6(15)16-4-2/h3-4H2,1-2H3,(H,13,14)/t7-/m1/s1. The van der Waals surface area contributed by atoms with E-state index in [4.69, 9.17) is 11.6 Å². The van der Waals surface area contributed by atoms with Crippen LogP contribution in [0.4, 0.5) is 13.2 Å². The molecule has 0 aromatic heterocycles. The molecule has 1 amide bonds. The highest BCUT2D eigenvalue weighted by Gasteiger charge is 2.62. The summed E-state index contributed by atoms with van der Waals surface area (Å²) in [7, 11) is 0. The molecular formula is C8H11ClF3NO3. The van der Waals surface area contributed by atoms with Gasteiger partial charge < -0.3 is 10.1 Å². The smallest absolute Gasteiger partial charge is 0.437 e. The molecule has 0 rings (SSSR count). The predicted molar refractivity (Wildman–Crippen MR) is 49.7 cm³/mol. The van der Waals surface area contributed by atoms with Gasteiger partial charge in [-0.05, 0) is 6.92 Å². The van der Waals surface area contributed by atoms with E-state index in [9.17, 15) is 22.8 Å². The summed E-state index contributed by atoms with van der Waals surface area (Å²) in [5.74, 6) is -2.74. The quantitative estimate of drug-likeness (QED) is 0.475. The first kappa shape index (κ1) is 15.0. The number of carbonyl (C=O) groups is 2. The number of hydrogen-bond donors (Lipinski definition) is 1. The molecular weight excluding hydrogens is 251 g/mol. The van der Waals surface area contributed by atoms with Crippen LogP contribution in [-0.4, -0.2) is 29.7 Å². The highest BCUT2D eigenvalue weighted by Crippen LogP contribution is 2.35. The van der Waals surface area contributed by atoms with E-state index in [1.807, 2.05) is 0 Å². The van der Waals surface area contributed by atoms with Crippen molar-refractivity contribution in [2.45, 2.75) is 31.4 Å². The largest absolute Gasteiger partial charge is 0.463 e. The van der Waals surface area contributed by atoms with Crippen molar-refractivity contribution in [2.24, 2.45) is 0 Å². The van der Waals surface area contributed by atoms with Gasteiger partial charge in [-0.1, -0.05) is 18.5 Å². The minimum Gasteiger partial charge on any atom is -0.463 e. The average Bonchev–Trinajstić information content (AvgIpc) is 2.16. The molecule has 0 aliphatic rings. The number of ether oxygens (including phenoxy) is 1. The van der Waals surface area contributed by atoms with Crippen molar-refractivity contribution in [1.82, 2.24) is 5.32 Å². The first-order chi connectivity index (χ1) is 7.19. The van der Waals surface area contributed by atoms with E-state index >= 15 is 0 Å². The molecule has 0 spiro atoms. The maximum atomic E-state index is 12.5. The highest BCUT2D eigenvalue weighted by molar-refractivity contribution is 6.35. The Balaban J connectivity index is 5.04. The first-order valence-corrected chi connectivity index (χ1v) is 4.80. The third-order valence-corrected chi connectivity index (χ3v) is 2.04. The minimum atomic E-state index is -5.13. The summed E-state index contributed by atoms with van der Waals surface area (Å²) in [6.45, 7) is 2.38. The molecule has 1 atom stereocenters. The van der Waals surface area contributed by atoms with Crippen LogP contribution >= 0.6 is 11.6 Å². The Morgan fingerprint density at radius 2 is 1.81 bits per heavy atom. The Kier molecular flexibility index (Phi) is 5.05. The fraction of sp³-hybridized carbons (Fsp3) is 0.750. The van der Waals surface area contributed by atoms with Gasteiger partial charge in [-0.25, -0.2) is 4.79 Å². The van der Waals surface area contributed by atoms with Gasteiger partial charge in [-0.15, -0.1) is 0 Å². The molecule has 0 aliphatic carbocycles. The zero-order chi connectivity index (χ0) is 13.0. The molecule has 0 fully saturated rings. The molecule has 94 valence electrons. The van der Waals surface area contributed by atoms with Crippen LogP contribution in [0.3, 0.4) is 0 Å². The van der Waals surface area contributed by atoms with Crippen molar-refractivity contribution in [2.75, 3.05) is 6.61 Å². The van der Waals surface area contributed by atoms with Crippen LogP contribution in [0.25, 0.3) is 0 Å². The zero-order valence-electron chi connectivity index (χ0n) is 8.65. The lowest BCUT2D eigenvalue weighted by Gasteiger charge is -2.27. The third kappa shape index (κ3) is 3.26. The second-order valence-electron chi connectivity index (χ2n) is 2.78. The van der Waals surface area contributed by atoms with Gasteiger partial charge >= 0.3 is 17.1 Å². The van der Waals surface area contributed by atoms with E-state index in [2.05, 4.69) is 4.74 Å². The molecule has 0 aliphatic heterocycles. The van der Waals surface area contributed by atoms with E-state index in [1.165, 1.54) is 19.2 Å². The summed E-state index contributed by atoms with van der Waals surface area (Å²) in [5.41, 5.74) is 0. The van der Waals surface area contributed by atoms with Gasteiger partial charge in [-0.2, -0.15) is 13.2 Å². The van der Waals surface area contributed by atoms with E-state index in [0.717, 1.165) is 0 Å². The molecule has 1 N–H and O–H groups in total. The number of alkyl halides is 4. The normalized spacial score (nSPS) is 15.1. The molecule has 16 heavy (non-hydrogen) atoms. The SMILES string of the molecule is CCOC(=O)[C@@](Cl)(NC(=O)CC)C(F)(F)F. The Morgan fingerprint density at radius 1 is 1.31 bits per heavy atom. The number of hydrogen-bond acceptors (Lipinski definition) is 3. The van der Waals surface area contributed by atoms with Crippen LogP contribution in [0.15, 0.2) is 0 Å². The number of amides is 1. The van der Waals surface area contributed by atoms with Crippen molar-refractivity contribution >= 4 is 23.5 Å². The molecule has 0 unspecified atom stereocenters. The molecule has 0 bridgehead atoms. The molecule has 0 radical (unpaired) electrons. The van der Waals surface area contributed by atoms with E-state index in [-0.39, 0.29) is 13.0 Å². The van der Waals surface area contributed by atoms with Crippen molar-refractivity contribution in [3.63, 3.8) is 0 Å². The molecule has 8 heteroatoms. The van der Waals surface area contributed by atoms with E-state index < -0.39 is 23.1 Å². The van der Waals surface area contributed by atoms with Gasteiger partial charge in [0.15, 0.2) is 0 Å². The fourth-order valence-corrected chi connectivity index (χ4v) is 0.909. The van der Waals surface area contributed by atoms with Crippen LogP contribution in [0.1, 0.15) is 20.3 Å².